The first kappa shape index (κ1) is 9.66. The fourth-order valence-electron chi connectivity index (χ4n) is 1.13. The molecular formula is C10H9F2N. The predicted molar refractivity (Wildman–Crippen MR) is 45.0 cm³/mol. The Kier molecular flexibility index (Phi) is 2.97. The van der Waals surface area contributed by atoms with E-state index in [1.54, 1.807) is 0 Å². The molecule has 1 unspecified atom stereocenters. The van der Waals surface area contributed by atoms with Gasteiger partial charge in [0.15, 0.2) is 11.6 Å². The second-order valence-electron chi connectivity index (χ2n) is 2.76. The topological polar surface area (TPSA) is 23.8 Å². The summed E-state index contributed by atoms with van der Waals surface area (Å²) >= 11 is 0. The fourth-order valence-corrected chi connectivity index (χ4v) is 1.13. The lowest BCUT2D eigenvalue weighted by Crippen LogP contribution is -1.95. The second-order valence-corrected chi connectivity index (χ2v) is 2.76. The molecule has 1 aromatic rings. The third-order valence-corrected chi connectivity index (χ3v) is 1.91. The molecule has 3 heteroatoms. The zero-order chi connectivity index (χ0) is 9.84. The second kappa shape index (κ2) is 3.99. The van der Waals surface area contributed by atoms with Gasteiger partial charge in [0.05, 0.1) is 12.0 Å². The van der Waals surface area contributed by atoms with Gasteiger partial charge in [-0.2, -0.15) is 5.26 Å². The minimum atomic E-state index is -0.897. The Morgan fingerprint density at radius 1 is 1.38 bits per heavy atom. The largest absolute Gasteiger partial charge is 0.204 e. The van der Waals surface area contributed by atoms with Gasteiger partial charge in [0.2, 0.25) is 0 Å². The molecule has 0 saturated heterocycles. The van der Waals surface area contributed by atoms with E-state index in [9.17, 15) is 8.78 Å². The maximum atomic E-state index is 12.7. The SMILES string of the molecule is CCC(C#N)c1ccc(F)c(F)c1. The Morgan fingerprint density at radius 3 is 2.54 bits per heavy atom. The molecule has 0 amide bonds. The van der Waals surface area contributed by atoms with E-state index in [-0.39, 0.29) is 5.92 Å². The molecule has 0 saturated carbocycles. The van der Waals surface area contributed by atoms with Crippen molar-refractivity contribution in [3.8, 4) is 6.07 Å². The molecule has 0 fully saturated rings. The molecule has 0 spiro atoms. The van der Waals surface area contributed by atoms with Crippen LogP contribution >= 0.6 is 0 Å². The summed E-state index contributed by atoms with van der Waals surface area (Å²) in [4.78, 5) is 0. The van der Waals surface area contributed by atoms with Crippen LogP contribution < -0.4 is 0 Å². The molecule has 1 aromatic carbocycles. The van der Waals surface area contributed by atoms with Gasteiger partial charge in [-0.3, -0.25) is 0 Å². The first-order valence-corrected chi connectivity index (χ1v) is 4.03. The summed E-state index contributed by atoms with van der Waals surface area (Å²) in [5, 5.41) is 8.67. The van der Waals surface area contributed by atoms with Gasteiger partial charge in [-0.05, 0) is 24.1 Å². The molecule has 1 nitrogen and oxygen atoms in total. The molecule has 1 atom stereocenters. The summed E-state index contributed by atoms with van der Waals surface area (Å²) in [7, 11) is 0. The van der Waals surface area contributed by atoms with Crippen LogP contribution in [0.4, 0.5) is 8.78 Å². The Labute approximate surface area is 75.6 Å². The molecular weight excluding hydrogens is 172 g/mol. The van der Waals surface area contributed by atoms with Gasteiger partial charge >= 0.3 is 0 Å². The molecule has 0 aliphatic carbocycles. The van der Waals surface area contributed by atoms with Crippen LogP contribution in [0.2, 0.25) is 0 Å². The van der Waals surface area contributed by atoms with Crippen LogP contribution in [0.1, 0.15) is 24.8 Å². The van der Waals surface area contributed by atoms with Crippen molar-refractivity contribution in [3.05, 3.63) is 35.4 Å². The van der Waals surface area contributed by atoms with Crippen molar-refractivity contribution in [2.24, 2.45) is 0 Å². The van der Waals surface area contributed by atoms with Gasteiger partial charge in [0, 0.05) is 0 Å². The van der Waals surface area contributed by atoms with Crippen LogP contribution in [-0.4, -0.2) is 0 Å². The molecule has 0 aliphatic heterocycles. The van der Waals surface area contributed by atoms with E-state index in [1.807, 2.05) is 13.0 Å². The molecule has 0 bridgehead atoms. The van der Waals surface area contributed by atoms with Crippen molar-refractivity contribution in [2.45, 2.75) is 19.3 Å². The van der Waals surface area contributed by atoms with Gasteiger partial charge in [0.25, 0.3) is 0 Å². The van der Waals surface area contributed by atoms with Gasteiger partial charge in [-0.15, -0.1) is 0 Å². The quantitative estimate of drug-likeness (QED) is 0.688. The lowest BCUT2D eigenvalue weighted by Gasteiger charge is -2.05. The van der Waals surface area contributed by atoms with Crippen molar-refractivity contribution in [1.82, 2.24) is 0 Å². The Bertz CT molecular complexity index is 341. The maximum Gasteiger partial charge on any atom is 0.159 e. The molecule has 0 aromatic heterocycles. The van der Waals surface area contributed by atoms with E-state index in [1.165, 1.54) is 6.07 Å². The Balaban J connectivity index is 3.04. The smallest absolute Gasteiger partial charge is 0.159 e. The summed E-state index contributed by atoms with van der Waals surface area (Å²) in [6, 6.07) is 5.59. The van der Waals surface area contributed by atoms with E-state index in [2.05, 4.69) is 0 Å². The highest BCUT2D eigenvalue weighted by molar-refractivity contribution is 5.25. The number of nitriles is 1. The highest BCUT2D eigenvalue weighted by atomic mass is 19.2. The van der Waals surface area contributed by atoms with Crippen molar-refractivity contribution < 1.29 is 8.78 Å². The standard InChI is InChI=1S/C10H9F2N/c1-2-7(6-13)8-3-4-9(11)10(12)5-8/h3-5,7H,2H2,1H3. The summed E-state index contributed by atoms with van der Waals surface area (Å²) in [6.07, 6.45) is 0.599. The molecule has 0 radical (unpaired) electrons. The number of hydrogen-bond acceptors (Lipinski definition) is 1. The molecule has 68 valence electrons. The summed E-state index contributed by atoms with van der Waals surface area (Å²) in [5.41, 5.74) is 0.531. The van der Waals surface area contributed by atoms with Gasteiger partial charge in [-0.1, -0.05) is 13.0 Å². The van der Waals surface area contributed by atoms with E-state index in [0.29, 0.717) is 12.0 Å². The van der Waals surface area contributed by atoms with Crippen LogP contribution in [0.5, 0.6) is 0 Å². The zero-order valence-corrected chi connectivity index (χ0v) is 7.22. The summed E-state index contributed by atoms with van der Waals surface area (Å²) in [5.74, 6) is -2.13. The van der Waals surface area contributed by atoms with E-state index in [0.717, 1.165) is 12.1 Å². The lowest BCUT2D eigenvalue weighted by molar-refractivity contribution is 0.506. The normalized spacial score (nSPS) is 12.2. The summed E-state index contributed by atoms with van der Waals surface area (Å²) in [6.45, 7) is 1.83. The Morgan fingerprint density at radius 2 is 2.08 bits per heavy atom. The zero-order valence-electron chi connectivity index (χ0n) is 7.22. The molecule has 0 N–H and O–H groups in total. The van der Waals surface area contributed by atoms with Crippen LogP contribution in [0, 0.1) is 23.0 Å². The number of nitrogens with zero attached hydrogens (tertiary/aromatic N) is 1. The highest BCUT2D eigenvalue weighted by Crippen LogP contribution is 2.20. The van der Waals surface area contributed by atoms with Crippen molar-refractivity contribution >= 4 is 0 Å². The first-order valence-electron chi connectivity index (χ1n) is 4.03. The van der Waals surface area contributed by atoms with Crippen molar-refractivity contribution in [3.63, 3.8) is 0 Å². The minimum Gasteiger partial charge on any atom is -0.204 e. The van der Waals surface area contributed by atoms with E-state index in [4.69, 9.17) is 5.26 Å². The number of halogens is 2. The van der Waals surface area contributed by atoms with Gasteiger partial charge in [0.1, 0.15) is 0 Å². The van der Waals surface area contributed by atoms with Crippen LogP contribution in [0.15, 0.2) is 18.2 Å². The van der Waals surface area contributed by atoms with Crippen LogP contribution in [-0.2, 0) is 0 Å². The van der Waals surface area contributed by atoms with Crippen LogP contribution in [0.3, 0.4) is 0 Å². The average Bonchev–Trinajstić information content (AvgIpc) is 2.13. The minimum absolute atomic E-state index is 0.352. The van der Waals surface area contributed by atoms with Gasteiger partial charge < -0.3 is 0 Å². The summed E-state index contributed by atoms with van der Waals surface area (Å²) < 4.78 is 25.2. The highest BCUT2D eigenvalue weighted by Gasteiger charge is 2.10. The maximum absolute atomic E-state index is 12.7. The fraction of sp³-hybridized carbons (Fsp3) is 0.300. The van der Waals surface area contributed by atoms with E-state index < -0.39 is 11.6 Å². The molecule has 0 heterocycles. The van der Waals surface area contributed by atoms with E-state index >= 15 is 0 Å². The molecule has 13 heavy (non-hydrogen) atoms. The molecule has 1 rings (SSSR count). The molecule has 0 aliphatic rings. The number of benzene rings is 1. The third kappa shape index (κ3) is 2.03. The monoisotopic (exact) mass is 181 g/mol. The van der Waals surface area contributed by atoms with Crippen molar-refractivity contribution in [2.75, 3.05) is 0 Å². The number of rotatable bonds is 2. The first-order chi connectivity index (χ1) is 6.19. The van der Waals surface area contributed by atoms with Crippen LogP contribution in [0.25, 0.3) is 0 Å². The van der Waals surface area contributed by atoms with Crippen molar-refractivity contribution in [1.29, 1.82) is 5.26 Å². The third-order valence-electron chi connectivity index (χ3n) is 1.91. The number of hydrogen-bond donors (Lipinski definition) is 0. The predicted octanol–water partition coefficient (Wildman–Crippen LogP) is 2.98. The average molecular weight is 181 g/mol. The lowest BCUT2D eigenvalue weighted by atomic mass is 9.98. The Hall–Kier alpha value is -1.43. The van der Waals surface area contributed by atoms with Gasteiger partial charge in [-0.25, -0.2) is 8.78 Å².